The molecule has 2 rings (SSSR count). The van der Waals surface area contributed by atoms with E-state index in [-0.39, 0.29) is 5.69 Å². The Hall–Kier alpha value is -2.67. The van der Waals surface area contributed by atoms with Crippen LogP contribution >= 0.6 is 11.3 Å². The first-order chi connectivity index (χ1) is 10.6. The van der Waals surface area contributed by atoms with Crippen molar-refractivity contribution in [2.24, 2.45) is 0 Å². The molecule has 2 aromatic rings. The van der Waals surface area contributed by atoms with E-state index in [2.05, 4.69) is 10.1 Å². The zero-order valence-corrected chi connectivity index (χ0v) is 12.6. The number of ether oxygens (including phenoxy) is 1. The van der Waals surface area contributed by atoms with Crippen LogP contribution in [0.1, 0.15) is 10.4 Å². The van der Waals surface area contributed by atoms with Crippen molar-refractivity contribution in [2.75, 3.05) is 12.4 Å². The maximum atomic E-state index is 11.2. The average molecular weight is 318 g/mol. The van der Waals surface area contributed by atoms with Crippen LogP contribution in [0.2, 0.25) is 0 Å². The first kappa shape index (κ1) is 15.7. The molecule has 1 aromatic carbocycles. The van der Waals surface area contributed by atoms with Gasteiger partial charge in [0.25, 0.3) is 5.69 Å². The van der Waals surface area contributed by atoms with Gasteiger partial charge in [-0.2, -0.15) is 0 Å². The number of nitro groups is 1. The lowest BCUT2D eigenvalue weighted by atomic mass is 10.1. The molecule has 1 aromatic heterocycles. The van der Waals surface area contributed by atoms with Crippen LogP contribution < -0.4 is 5.32 Å². The number of esters is 1. The first-order valence-electron chi connectivity index (χ1n) is 6.41. The molecule has 0 amide bonds. The van der Waals surface area contributed by atoms with E-state index in [1.54, 1.807) is 23.5 Å². The summed E-state index contributed by atoms with van der Waals surface area (Å²) in [6, 6.07) is 8.62. The van der Waals surface area contributed by atoms with E-state index in [9.17, 15) is 14.9 Å². The highest BCUT2D eigenvalue weighted by Gasteiger charge is 2.14. The van der Waals surface area contributed by atoms with Gasteiger partial charge in [0.1, 0.15) is 5.69 Å². The van der Waals surface area contributed by atoms with Crippen molar-refractivity contribution in [1.82, 2.24) is 0 Å². The van der Waals surface area contributed by atoms with Gasteiger partial charge in [0.15, 0.2) is 0 Å². The Morgan fingerprint density at radius 3 is 2.91 bits per heavy atom. The summed E-state index contributed by atoms with van der Waals surface area (Å²) in [7, 11) is 1.27. The van der Waals surface area contributed by atoms with Crippen LogP contribution in [0.5, 0.6) is 0 Å². The predicted molar refractivity (Wildman–Crippen MR) is 85.8 cm³/mol. The second-order valence-corrected chi connectivity index (χ2v) is 5.36. The molecule has 0 fully saturated rings. The van der Waals surface area contributed by atoms with Crippen molar-refractivity contribution in [1.29, 1.82) is 0 Å². The topological polar surface area (TPSA) is 81.5 Å². The minimum atomic E-state index is -0.512. The molecular weight excluding hydrogens is 304 g/mol. The van der Waals surface area contributed by atoms with Crippen LogP contribution in [0.3, 0.4) is 0 Å². The molecule has 0 radical (unpaired) electrons. The molecule has 0 saturated heterocycles. The Labute approximate surface area is 131 Å². The maximum absolute atomic E-state index is 11.2. The number of nitrogens with one attached hydrogen (secondary N) is 1. The van der Waals surface area contributed by atoms with E-state index in [0.29, 0.717) is 17.8 Å². The number of carbonyl (C=O) groups is 1. The number of methoxy groups -OCH3 is 1. The summed E-state index contributed by atoms with van der Waals surface area (Å²) in [6.07, 6.45) is 2.69. The fourth-order valence-electron chi connectivity index (χ4n) is 1.78. The van der Waals surface area contributed by atoms with Gasteiger partial charge in [-0.1, -0.05) is 12.1 Å². The van der Waals surface area contributed by atoms with Gasteiger partial charge in [0.2, 0.25) is 0 Å². The molecule has 0 saturated carbocycles. The van der Waals surface area contributed by atoms with Crippen molar-refractivity contribution in [2.45, 2.75) is 6.54 Å². The lowest BCUT2D eigenvalue weighted by molar-refractivity contribution is -0.384. The Kier molecular flexibility index (Phi) is 5.26. The van der Waals surface area contributed by atoms with Gasteiger partial charge in [0, 0.05) is 23.6 Å². The van der Waals surface area contributed by atoms with E-state index in [1.165, 1.54) is 25.3 Å². The third-order valence-corrected chi connectivity index (χ3v) is 3.74. The Bertz CT molecular complexity index is 696. The van der Waals surface area contributed by atoms with Crippen molar-refractivity contribution in [3.05, 3.63) is 62.3 Å². The molecule has 0 unspecified atom stereocenters. The summed E-state index contributed by atoms with van der Waals surface area (Å²) in [5.74, 6) is -0.512. The van der Waals surface area contributed by atoms with Crippen LogP contribution in [0.25, 0.3) is 6.08 Å². The molecule has 0 atom stereocenters. The van der Waals surface area contributed by atoms with Crippen molar-refractivity contribution < 1.29 is 14.5 Å². The quantitative estimate of drug-likeness (QED) is 0.382. The second kappa shape index (κ2) is 7.37. The zero-order valence-electron chi connectivity index (χ0n) is 11.8. The largest absolute Gasteiger partial charge is 0.466 e. The highest BCUT2D eigenvalue weighted by atomic mass is 32.1. The minimum Gasteiger partial charge on any atom is -0.466 e. The van der Waals surface area contributed by atoms with E-state index < -0.39 is 10.9 Å². The molecule has 0 aliphatic heterocycles. The molecule has 1 heterocycles. The average Bonchev–Trinajstić information content (AvgIpc) is 3.04. The van der Waals surface area contributed by atoms with Crippen LogP contribution in [0.4, 0.5) is 11.4 Å². The van der Waals surface area contributed by atoms with Gasteiger partial charge in [-0.05, 0) is 29.2 Å². The fraction of sp³-hybridized carbons (Fsp3) is 0.133. The van der Waals surface area contributed by atoms with Gasteiger partial charge in [-0.25, -0.2) is 4.79 Å². The predicted octanol–water partition coefficient (Wildman–Crippen LogP) is 3.45. The third-order valence-electron chi connectivity index (χ3n) is 2.86. The first-order valence-corrected chi connectivity index (χ1v) is 7.29. The molecular formula is C15H14N2O4S. The van der Waals surface area contributed by atoms with Crippen LogP contribution in [-0.4, -0.2) is 18.0 Å². The number of thiophene rings is 1. The lowest BCUT2D eigenvalue weighted by Gasteiger charge is -2.06. The van der Waals surface area contributed by atoms with Crippen molar-refractivity contribution in [3.8, 4) is 0 Å². The fourth-order valence-corrected chi connectivity index (χ4v) is 2.43. The van der Waals surface area contributed by atoms with Crippen LogP contribution in [0.15, 0.2) is 41.8 Å². The molecule has 7 heteroatoms. The van der Waals surface area contributed by atoms with E-state index in [1.807, 2.05) is 17.5 Å². The SMILES string of the molecule is COC(=O)/C=C/c1ccc(NCc2cccs2)c([N+](=O)[O-])c1. The molecule has 0 bridgehead atoms. The Morgan fingerprint density at radius 2 is 2.27 bits per heavy atom. The van der Waals surface area contributed by atoms with Gasteiger partial charge in [-0.3, -0.25) is 10.1 Å². The number of rotatable bonds is 6. The third kappa shape index (κ3) is 4.16. The molecule has 114 valence electrons. The van der Waals surface area contributed by atoms with Gasteiger partial charge >= 0.3 is 5.97 Å². The van der Waals surface area contributed by atoms with Crippen LogP contribution in [-0.2, 0) is 16.1 Å². The summed E-state index contributed by atoms with van der Waals surface area (Å²) in [6.45, 7) is 0.524. The summed E-state index contributed by atoms with van der Waals surface area (Å²) in [5.41, 5.74) is 0.955. The van der Waals surface area contributed by atoms with Gasteiger partial charge < -0.3 is 10.1 Å². The monoisotopic (exact) mass is 318 g/mol. The summed E-state index contributed by atoms with van der Waals surface area (Å²) >= 11 is 1.58. The molecule has 0 aliphatic carbocycles. The summed E-state index contributed by atoms with van der Waals surface area (Å²) < 4.78 is 4.48. The van der Waals surface area contributed by atoms with Crippen molar-refractivity contribution in [3.63, 3.8) is 0 Å². The highest BCUT2D eigenvalue weighted by Crippen LogP contribution is 2.27. The van der Waals surface area contributed by atoms with Crippen molar-refractivity contribution >= 4 is 34.8 Å². The maximum Gasteiger partial charge on any atom is 0.330 e. The summed E-state index contributed by atoms with van der Waals surface area (Å²) in [5, 5.41) is 16.2. The standard InChI is InChI=1S/C15H14N2O4S/c1-21-15(18)7-5-11-4-6-13(14(9-11)17(19)20)16-10-12-3-2-8-22-12/h2-9,16H,10H2,1H3/b7-5+. The Balaban J connectivity index is 2.18. The lowest BCUT2D eigenvalue weighted by Crippen LogP contribution is -2.01. The highest BCUT2D eigenvalue weighted by molar-refractivity contribution is 7.09. The molecule has 6 nitrogen and oxygen atoms in total. The van der Waals surface area contributed by atoms with Gasteiger partial charge in [0.05, 0.1) is 12.0 Å². The molecule has 22 heavy (non-hydrogen) atoms. The van der Waals surface area contributed by atoms with E-state index >= 15 is 0 Å². The number of benzene rings is 1. The number of nitro benzene ring substituents is 1. The van der Waals surface area contributed by atoms with E-state index in [4.69, 9.17) is 0 Å². The summed E-state index contributed by atoms with van der Waals surface area (Å²) in [4.78, 5) is 22.9. The number of anilines is 1. The zero-order chi connectivity index (χ0) is 15.9. The normalized spacial score (nSPS) is 10.6. The number of hydrogen-bond acceptors (Lipinski definition) is 6. The minimum absolute atomic E-state index is 0.0384. The smallest absolute Gasteiger partial charge is 0.330 e. The van der Waals surface area contributed by atoms with E-state index in [0.717, 1.165) is 4.88 Å². The number of nitrogens with zero attached hydrogens (tertiary/aromatic N) is 1. The number of hydrogen-bond donors (Lipinski definition) is 1. The second-order valence-electron chi connectivity index (χ2n) is 4.32. The molecule has 1 N–H and O–H groups in total. The molecule has 0 spiro atoms. The number of carbonyl (C=O) groups excluding carboxylic acids is 1. The molecule has 0 aliphatic rings. The Morgan fingerprint density at radius 1 is 1.45 bits per heavy atom. The van der Waals surface area contributed by atoms with Crippen LogP contribution in [0, 0.1) is 10.1 Å². The van der Waals surface area contributed by atoms with Gasteiger partial charge in [-0.15, -0.1) is 11.3 Å².